The van der Waals surface area contributed by atoms with E-state index in [9.17, 15) is 9.59 Å². The summed E-state index contributed by atoms with van der Waals surface area (Å²) in [5.41, 5.74) is 0.279. The summed E-state index contributed by atoms with van der Waals surface area (Å²) >= 11 is 11.6. The van der Waals surface area contributed by atoms with Gasteiger partial charge in [-0.15, -0.1) is 0 Å². The molecule has 0 radical (unpaired) electrons. The van der Waals surface area contributed by atoms with E-state index >= 15 is 0 Å². The van der Waals surface area contributed by atoms with Crippen molar-refractivity contribution in [2.45, 2.75) is 13.3 Å². The second-order valence-corrected chi connectivity index (χ2v) is 4.62. The zero-order valence-electron chi connectivity index (χ0n) is 9.74. The van der Waals surface area contributed by atoms with Crippen LogP contribution in [-0.4, -0.2) is 23.5 Å². The van der Waals surface area contributed by atoms with Gasteiger partial charge in [-0.25, -0.2) is 0 Å². The molecule has 0 aliphatic carbocycles. The number of amides is 1. The minimum atomic E-state index is -0.931. The van der Waals surface area contributed by atoms with E-state index in [0.717, 1.165) is 0 Å². The molecule has 0 saturated carbocycles. The van der Waals surface area contributed by atoms with Crippen LogP contribution in [-0.2, 0) is 4.79 Å². The number of carbonyl (C=O) groups excluding carboxylic acids is 1. The van der Waals surface area contributed by atoms with Crippen molar-refractivity contribution in [3.05, 3.63) is 33.8 Å². The summed E-state index contributed by atoms with van der Waals surface area (Å²) in [6.45, 7) is 1.82. The predicted octanol–water partition coefficient (Wildman–Crippen LogP) is 2.83. The molecule has 1 amide bonds. The van der Waals surface area contributed by atoms with Gasteiger partial charge in [-0.3, -0.25) is 9.59 Å². The Hall–Kier alpha value is -1.26. The first kappa shape index (κ1) is 14.8. The molecule has 0 heterocycles. The quantitative estimate of drug-likeness (QED) is 0.876. The van der Waals surface area contributed by atoms with Gasteiger partial charge in [0.15, 0.2) is 0 Å². The largest absolute Gasteiger partial charge is 0.481 e. The van der Waals surface area contributed by atoms with Crippen LogP contribution in [0, 0.1) is 5.92 Å². The standard InChI is InChI=1S/C12H13Cl2NO3/c1-2-7(12(17)18)6-15-11(16)9-4-3-8(13)5-10(9)14/h3-5,7H,2,6H2,1H3,(H,15,16)(H,17,18). The van der Waals surface area contributed by atoms with Crippen LogP contribution in [0.15, 0.2) is 18.2 Å². The Balaban J connectivity index is 2.68. The molecule has 18 heavy (non-hydrogen) atoms. The van der Waals surface area contributed by atoms with Crippen molar-refractivity contribution in [1.82, 2.24) is 5.32 Å². The number of hydrogen-bond acceptors (Lipinski definition) is 2. The average Bonchev–Trinajstić information content (AvgIpc) is 2.28. The summed E-state index contributed by atoms with van der Waals surface area (Å²) in [5.74, 6) is -1.93. The lowest BCUT2D eigenvalue weighted by Crippen LogP contribution is -2.32. The Morgan fingerprint density at radius 1 is 1.39 bits per heavy atom. The lowest BCUT2D eigenvalue weighted by Gasteiger charge is -2.11. The number of carboxylic acid groups (broad SMARTS) is 1. The number of rotatable bonds is 5. The zero-order chi connectivity index (χ0) is 13.7. The lowest BCUT2D eigenvalue weighted by atomic mass is 10.1. The first-order valence-corrected chi connectivity index (χ1v) is 6.17. The zero-order valence-corrected chi connectivity index (χ0v) is 11.3. The maximum atomic E-state index is 11.8. The number of hydrogen-bond donors (Lipinski definition) is 2. The average molecular weight is 290 g/mol. The summed E-state index contributed by atoms with van der Waals surface area (Å²) in [6.07, 6.45) is 0.448. The number of aliphatic carboxylic acids is 1. The Kier molecular flexibility index (Phi) is 5.44. The smallest absolute Gasteiger partial charge is 0.308 e. The van der Waals surface area contributed by atoms with E-state index in [4.69, 9.17) is 28.3 Å². The fourth-order valence-corrected chi connectivity index (χ4v) is 1.89. The van der Waals surface area contributed by atoms with Gasteiger partial charge in [0.05, 0.1) is 16.5 Å². The molecule has 1 aromatic carbocycles. The highest BCUT2D eigenvalue weighted by atomic mass is 35.5. The molecule has 6 heteroatoms. The van der Waals surface area contributed by atoms with Crippen LogP contribution in [0.2, 0.25) is 10.0 Å². The maximum Gasteiger partial charge on any atom is 0.308 e. The molecule has 1 atom stereocenters. The highest BCUT2D eigenvalue weighted by Gasteiger charge is 2.17. The molecule has 0 aliphatic rings. The van der Waals surface area contributed by atoms with Crippen molar-refractivity contribution < 1.29 is 14.7 Å². The number of nitrogens with one attached hydrogen (secondary N) is 1. The van der Waals surface area contributed by atoms with Crippen molar-refractivity contribution in [2.75, 3.05) is 6.54 Å². The summed E-state index contributed by atoms with van der Waals surface area (Å²) in [5, 5.41) is 12.1. The third-order valence-corrected chi connectivity index (χ3v) is 3.07. The molecule has 1 rings (SSSR count). The summed E-state index contributed by atoms with van der Waals surface area (Å²) in [7, 11) is 0. The fraction of sp³-hybridized carbons (Fsp3) is 0.333. The summed E-state index contributed by atoms with van der Waals surface area (Å²) in [6, 6.07) is 4.52. The van der Waals surface area contributed by atoms with E-state index in [0.29, 0.717) is 11.4 Å². The third-order valence-electron chi connectivity index (χ3n) is 2.53. The second-order valence-electron chi connectivity index (χ2n) is 3.78. The van der Waals surface area contributed by atoms with Crippen LogP contribution in [0.1, 0.15) is 23.7 Å². The van der Waals surface area contributed by atoms with Gasteiger partial charge < -0.3 is 10.4 Å². The molecule has 0 aliphatic heterocycles. The van der Waals surface area contributed by atoms with E-state index in [1.165, 1.54) is 12.1 Å². The molecular formula is C12H13Cl2NO3. The molecule has 0 fully saturated rings. The molecule has 2 N–H and O–H groups in total. The van der Waals surface area contributed by atoms with Crippen molar-refractivity contribution in [3.63, 3.8) is 0 Å². The third kappa shape index (κ3) is 3.89. The summed E-state index contributed by atoms with van der Waals surface area (Å²) in [4.78, 5) is 22.6. The van der Waals surface area contributed by atoms with Crippen LogP contribution >= 0.6 is 23.2 Å². The van der Waals surface area contributed by atoms with Gasteiger partial charge in [0.25, 0.3) is 5.91 Å². The van der Waals surface area contributed by atoms with E-state index in [-0.39, 0.29) is 17.1 Å². The number of carbonyl (C=O) groups is 2. The number of benzene rings is 1. The first-order valence-electron chi connectivity index (χ1n) is 5.41. The van der Waals surface area contributed by atoms with E-state index in [2.05, 4.69) is 5.32 Å². The maximum absolute atomic E-state index is 11.8. The Morgan fingerprint density at radius 2 is 2.06 bits per heavy atom. The van der Waals surface area contributed by atoms with Gasteiger partial charge >= 0.3 is 5.97 Å². The van der Waals surface area contributed by atoms with Crippen LogP contribution in [0.3, 0.4) is 0 Å². The highest BCUT2D eigenvalue weighted by molar-refractivity contribution is 6.36. The minimum absolute atomic E-state index is 0.0730. The van der Waals surface area contributed by atoms with Crippen LogP contribution in [0.5, 0.6) is 0 Å². The van der Waals surface area contributed by atoms with E-state index in [1.807, 2.05) is 0 Å². The number of halogens is 2. The molecule has 0 saturated heterocycles. The van der Waals surface area contributed by atoms with E-state index in [1.54, 1.807) is 13.0 Å². The Bertz CT molecular complexity index is 463. The number of carboxylic acids is 1. The molecule has 0 aromatic heterocycles. The molecule has 98 valence electrons. The van der Waals surface area contributed by atoms with Crippen LogP contribution < -0.4 is 5.32 Å². The predicted molar refractivity (Wildman–Crippen MR) is 70.2 cm³/mol. The lowest BCUT2D eigenvalue weighted by molar-refractivity contribution is -0.141. The molecular weight excluding hydrogens is 277 g/mol. The molecule has 1 unspecified atom stereocenters. The van der Waals surface area contributed by atoms with Crippen LogP contribution in [0.4, 0.5) is 0 Å². The van der Waals surface area contributed by atoms with Crippen molar-refractivity contribution in [2.24, 2.45) is 5.92 Å². The Labute approximate surface area is 115 Å². The second kappa shape index (κ2) is 6.61. The van der Waals surface area contributed by atoms with Gasteiger partial charge in [0.2, 0.25) is 0 Å². The van der Waals surface area contributed by atoms with Gasteiger partial charge in [-0.1, -0.05) is 30.1 Å². The van der Waals surface area contributed by atoms with Crippen molar-refractivity contribution >= 4 is 35.1 Å². The SMILES string of the molecule is CCC(CNC(=O)c1ccc(Cl)cc1Cl)C(=O)O. The van der Waals surface area contributed by atoms with Gasteiger partial charge in [-0.05, 0) is 24.6 Å². The fourth-order valence-electron chi connectivity index (χ4n) is 1.39. The normalized spacial score (nSPS) is 11.9. The summed E-state index contributed by atoms with van der Waals surface area (Å²) < 4.78 is 0. The molecule has 0 spiro atoms. The first-order chi connectivity index (χ1) is 8.45. The van der Waals surface area contributed by atoms with Crippen molar-refractivity contribution in [1.29, 1.82) is 0 Å². The topological polar surface area (TPSA) is 66.4 Å². The van der Waals surface area contributed by atoms with Gasteiger partial charge in [-0.2, -0.15) is 0 Å². The van der Waals surface area contributed by atoms with Gasteiger partial charge in [0.1, 0.15) is 0 Å². The van der Waals surface area contributed by atoms with Crippen molar-refractivity contribution in [3.8, 4) is 0 Å². The Morgan fingerprint density at radius 3 is 2.56 bits per heavy atom. The molecule has 0 bridgehead atoms. The molecule has 1 aromatic rings. The monoisotopic (exact) mass is 289 g/mol. The van der Waals surface area contributed by atoms with Gasteiger partial charge in [0, 0.05) is 11.6 Å². The highest BCUT2D eigenvalue weighted by Crippen LogP contribution is 2.20. The van der Waals surface area contributed by atoms with E-state index < -0.39 is 17.8 Å². The minimum Gasteiger partial charge on any atom is -0.481 e. The van der Waals surface area contributed by atoms with Crippen LogP contribution in [0.25, 0.3) is 0 Å². The molecule has 4 nitrogen and oxygen atoms in total.